The average Bonchev–Trinajstić information content (AvgIpc) is 3.28. The lowest BCUT2D eigenvalue weighted by Crippen LogP contribution is -2.28. The van der Waals surface area contributed by atoms with Crippen LogP contribution in [0.3, 0.4) is 0 Å². The Kier molecular flexibility index (Phi) is 7.24. The largest absolute Gasteiger partial charge is 0.340 e. The highest BCUT2D eigenvalue weighted by Crippen LogP contribution is 2.27. The van der Waals surface area contributed by atoms with Crippen LogP contribution in [0.5, 0.6) is 0 Å². The second-order valence-electron chi connectivity index (χ2n) is 9.28. The van der Waals surface area contributed by atoms with Crippen LogP contribution < -0.4 is 20.9 Å². The van der Waals surface area contributed by atoms with Gasteiger partial charge >= 0.3 is 0 Å². The number of carbonyl (C=O) groups excluding carboxylic acids is 2. The number of halogens is 1. The molecule has 1 aliphatic heterocycles. The van der Waals surface area contributed by atoms with Crippen molar-refractivity contribution in [1.29, 1.82) is 0 Å². The van der Waals surface area contributed by atoms with Gasteiger partial charge in [0.05, 0.1) is 5.92 Å². The van der Waals surface area contributed by atoms with Crippen LogP contribution in [0.4, 0.5) is 34.5 Å². The maximum absolute atomic E-state index is 12.9. The number of hydrogen-bond acceptors (Lipinski definition) is 6. The van der Waals surface area contributed by atoms with Crippen LogP contribution in [0.15, 0.2) is 78.9 Å². The van der Waals surface area contributed by atoms with E-state index >= 15 is 0 Å². The van der Waals surface area contributed by atoms with Gasteiger partial charge in [-0.25, -0.2) is 4.98 Å². The summed E-state index contributed by atoms with van der Waals surface area (Å²) in [6, 6.07) is 24.3. The molecule has 2 heterocycles. The molecule has 1 aliphatic rings. The van der Waals surface area contributed by atoms with Gasteiger partial charge in [-0.2, -0.15) is 4.98 Å². The number of aromatic nitrogens is 2. The summed E-state index contributed by atoms with van der Waals surface area (Å²) in [6.07, 6.45) is 0.164. The molecule has 1 saturated heterocycles. The summed E-state index contributed by atoms with van der Waals surface area (Å²) in [5.41, 5.74) is 5.11. The SMILES string of the molecule is Cc1ccc(Nc2cc(C)nc(Nc3ccc(NC(=O)[C@H]4CC(=O)N(c5ccc(Cl)cc5)C4)cc3)n2)cc1. The number of amides is 2. The van der Waals surface area contributed by atoms with Gasteiger partial charge in [0.15, 0.2) is 0 Å². The summed E-state index contributed by atoms with van der Waals surface area (Å²) in [6.45, 7) is 4.28. The molecule has 192 valence electrons. The molecule has 1 fully saturated rings. The highest BCUT2D eigenvalue weighted by atomic mass is 35.5. The monoisotopic (exact) mass is 526 g/mol. The van der Waals surface area contributed by atoms with Crippen LogP contribution in [-0.4, -0.2) is 28.3 Å². The molecule has 1 aromatic heterocycles. The highest BCUT2D eigenvalue weighted by Gasteiger charge is 2.35. The second-order valence-corrected chi connectivity index (χ2v) is 9.72. The van der Waals surface area contributed by atoms with E-state index in [1.54, 1.807) is 41.3 Å². The summed E-state index contributed by atoms with van der Waals surface area (Å²) in [5, 5.41) is 10.0. The predicted octanol–water partition coefficient (Wildman–Crippen LogP) is 6.23. The van der Waals surface area contributed by atoms with Gasteiger partial charge in [-0.3, -0.25) is 9.59 Å². The van der Waals surface area contributed by atoms with Crippen LogP contribution in [0.2, 0.25) is 5.02 Å². The molecule has 9 heteroatoms. The van der Waals surface area contributed by atoms with Gasteiger partial charge in [-0.05, 0) is 74.5 Å². The topological polar surface area (TPSA) is 99.2 Å². The first-order chi connectivity index (χ1) is 18.3. The summed E-state index contributed by atoms with van der Waals surface area (Å²) in [7, 11) is 0. The number of benzene rings is 3. The number of aryl methyl sites for hydroxylation is 2. The standard InChI is InChI=1S/C29H27ClN6O2/c1-18-3-7-22(8-4-18)32-26-15-19(2)31-29(35-26)34-24-11-9-23(10-12-24)33-28(38)20-16-27(37)36(17-20)25-13-5-21(30)6-14-25/h3-15,20H,16-17H2,1-2H3,(H,33,38)(H2,31,32,34,35)/t20-/m0/s1. The van der Waals surface area contributed by atoms with Crippen molar-refractivity contribution in [2.75, 3.05) is 27.4 Å². The minimum absolute atomic E-state index is 0.0820. The van der Waals surface area contributed by atoms with E-state index < -0.39 is 5.92 Å². The molecule has 0 bridgehead atoms. The van der Waals surface area contributed by atoms with Crippen LogP contribution in [0, 0.1) is 19.8 Å². The van der Waals surface area contributed by atoms with Gasteiger partial charge < -0.3 is 20.9 Å². The molecule has 0 spiro atoms. The first-order valence-corrected chi connectivity index (χ1v) is 12.6. The van der Waals surface area contributed by atoms with E-state index in [4.69, 9.17) is 11.6 Å². The third kappa shape index (κ3) is 6.10. The van der Waals surface area contributed by atoms with Gasteiger partial charge in [0.2, 0.25) is 17.8 Å². The predicted molar refractivity (Wildman–Crippen MR) is 151 cm³/mol. The van der Waals surface area contributed by atoms with Gasteiger partial charge in [0.25, 0.3) is 0 Å². The number of rotatable bonds is 7. The quantitative estimate of drug-likeness (QED) is 0.264. The van der Waals surface area contributed by atoms with Crippen molar-refractivity contribution in [1.82, 2.24) is 9.97 Å². The van der Waals surface area contributed by atoms with E-state index in [1.807, 2.05) is 56.3 Å². The molecule has 5 rings (SSSR count). The minimum atomic E-state index is -0.434. The first-order valence-electron chi connectivity index (χ1n) is 12.3. The fourth-order valence-corrected chi connectivity index (χ4v) is 4.36. The van der Waals surface area contributed by atoms with E-state index in [-0.39, 0.29) is 18.2 Å². The van der Waals surface area contributed by atoms with Crippen LogP contribution >= 0.6 is 11.6 Å². The zero-order valence-corrected chi connectivity index (χ0v) is 21.8. The van der Waals surface area contributed by atoms with Crippen LogP contribution in [-0.2, 0) is 9.59 Å². The lowest BCUT2D eigenvalue weighted by molar-refractivity contribution is -0.122. The Morgan fingerprint density at radius 3 is 2.21 bits per heavy atom. The third-order valence-corrected chi connectivity index (χ3v) is 6.47. The van der Waals surface area contributed by atoms with Gasteiger partial charge in [0.1, 0.15) is 5.82 Å². The highest BCUT2D eigenvalue weighted by molar-refractivity contribution is 6.30. The molecule has 0 aliphatic carbocycles. The fourth-order valence-electron chi connectivity index (χ4n) is 4.24. The molecule has 3 N–H and O–H groups in total. The van der Waals surface area contributed by atoms with Crippen molar-refractivity contribution < 1.29 is 9.59 Å². The molecule has 0 radical (unpaired) electrons. The normalized spacial score (nSPS) is 14.9. The van der Waals surface area contributed by atoms with Crippen molar-refractivity contribution in [3.8, 4) is 0 Å². The third-order valence-electron chi connectivity index (χ3n) is 6.22. The van der Waals surface area contributed by atoms with Crippen molar-refractivity contribution in [2.24, 2.45) is 5.92 Å². The molecule has 8 nitrogen and oxygen atoms in total. The van der Waals surface area contributed by atoms with Gasteiger partial charge in [0, 0.05) is 52.5 Å². The summed E-state index contributed by atoms with van der Waals surface area (Å²) < 4.78 is 0. The Hall–Kier alpha value is -4.43. The summed E-state index contributed by atoms with van der Waals surface area (Å²) in [5.74, 6) is 0.441. The molecule has 1 atom stereocenters. The van der Waals surface area contributed by atoms with Crippen LogP contribution in [0.1, 0.15) is 17.7 Å². The molecular weight excluding hydrogens is 500 g/mol. The van der Waals surface area contributed by atoms with Crippen molar-refractivity contribution in [3.63, 3.8) is 0 Å². The Morgan fingerprint density at radius 2 is 1.50 bits per heavy atom. The maximum Gasteiger partial charge on any atom is 0.229 e. The molecule has 38 heavy (non-hydrogen) atoms. The Bertz CT molecular complexity index is 1460. The second kappa shape index (κ2) is 10.9. The summed E-state index contributed by atoms with van der Waals surface area (Å²) in [4.78, 5) is 36.0. The van der Waals surface area contributed by atoms with E-state index in [1.165, 1.54) is 5.56 Å². The molecule has 0 unspecified atom stereocenters. The number of nitrogens with one attached hydrogen (secondary N) is 3. The Morgan fingerprint density at radius 1 is 0.868 bits per heavy atom. The number of carbonyl (C=O) groups is 2. The maximum atomic E-state index is 12.9. The molecule has 4 aromatic rings. The van der Waals surface area contributed by atoms with E-state index in [0.29, 0.717) is 29.0 Å². The van der Waals surface area contributed by atoms with Crippen molar-refractivity contribution in [3.05, 3.63) is 95.1 Å². The molecule has 2 amide bonds. The smallest absolute Gasteiger partial charge is 0.229 e. The lowest BCUT2D eigenvalue weighted by Gasteiger charge is -2.17. The van der Waals surface area contributed by atoms with Gasteiger partial charge in [-0.1, -0.05) is 29.3 Å². The van der Waals surface area contributed by atoms with Gasteiger partial charge in [-0.15, -0.1) is 0 Å². The fraction of sp³-hybridized carbons (Fsp3) is 0.172. The molecule has 0 saturated carbocycles. The van der Waals surface area contributed by atoms with E-state index in [0.717, 1.165) is 22.8 Å². The van der Waals surface area contributed by atoms with Crippen molar-refractivity contribution >= 4 is 57.9 Å². The molecular formula is C29H27ClN6O2. The number of hydrogen-bond donors (Lipinski definition) is 3. The van der Waals surface area contributed by atoms with E-state index in [2.05, 4.69) is 25.9 Å². The number of anilines is 6. The minimum Gasteiger partial charge on any atom is -0.340 e. The van der Waals surface area contributed by atoms with Crippen LogP contribution in [0.25, 0.3) is 0 Å². The molecule has 3 aromatic carbocycles. The lowest BCUT2D eigenvalue weighted by atomic mass is 10.1. The Balaban J connectivity index is 1.20. The average molecular weight is 527 g/mol. The first kappa shape index (κ1) is 25.2. The van der Waals surface area contributed by atoms with E-state index in [9.17, 15) is 9.59 Å². The number of nitrogens with zero attached hydrogens (tertiary/aromatic N) is 3. The Labute approximate surface area is 226 Å². The zero-order valence-electron chi connectivity index (χ0n) is 21.0. The summed E-state index contributed by atoms with van der Waals surface area (Å²) >= 11 is 5.95. The van der Waals surface area contributed by atoms with Crippen molar-refractivity contribution in [2.45, 2.75) is 20.3 Å². The zero-order chi connectivity index (χ0) is 26.6.